The smallest absolute Gasteiger partial charge is 0.272 e. The molecule has 50 heavy (non-hydrogen) atoms. The zero-order valence-electron chi connectivity index (χ0n) is 28.8. The second-order valence-electron chi connectivity index (χ2n) is 14.2. The van der Waals surface area contributed by atoms with Crippen molar-refractivity contribution in [2.24, 2.45) is 0 Å². The van der Waals surface area contributed by atoms with Crippen LogP contribution in [-0.2, 0) is 19.5 Å². The average Bonchev–Trinajstić information content (AvgIpc) is 3.55. The van der Waals surface area contributed by atoms with E-state index in [1.165, 1.54) is 5.56 Å². The minimum absolute atomic E-state index is 0.00689. The van der Waals surface area contributed by atoms with Gasteiger partial charge in [0, 0.05) is 56.0 Å². The van der Waals surface area contributed by atoms with Gasteiger partial charge in [-0.15, -0.1) is 0 Å². The minimum Gasteiger partial charge on any atom is -0.438 e. The fourth-order valence-electron chi connectivity index (χ4n) is 7.59. The van der Waals surface area contributed by atoms with E-state index in [1.807, 2.05) is 28.9 Å². The quantitative estimate of drug-likeness (QED) is 0.203. The number of amides is 2. The van der Waals surface area contributed by atoms with Crippen LogP contribution in [0.15, 0.2) is 66.9 Å². The SMILES string of the molecule is C[C@@H]1CN(Cc2ccc(-c3cccc(Oc4ncc(F)cc4C(=O)N[C@H]4CC[C@@H](NC(=O)c5cc6n(n5)CCCC6)CC4)c3)cc2)C[C@H](C)N1. The van der Waals surface area contributed by atoms with Crippen LogP contribution in [0, 0.1) is 5.82 Å². The number of carbonyl (C=O) groups excluding carboxylic acids is 2. The van der Waals surface area contributed by atoms with Gasteiger partial charge in [0.25, 0.3) is 11.8 Å². The van der Waals surface area contributed by atoms with Crippen LogP contribution in [0.25, 0.3) is 11.1 Å². The zero-order chi connectivity index (χ0) is 34.6. The number of nitrogens with one attached hydrogen (secondary N) is 3. The number of carbonyl (C=O) groups is 2. The Morgan fingerprint density at radius 3 is 2.34 bits per heavy atom. The van der Waals surface area contributed by atoms with Gasteiger partial charge in [0.1, 0.15) is 22.8 Å². The molecule has 2 aromatic heterocycles. The summed E-state index contributed by atoms with van der Waals surface area (Å²) in [6.45, 7) is 8.27. The first-order chi connectivity index (χ1) is 24.3. The van der Waals surface area contributed by atoms with Crippen LogP contribution < -0.4 is 20.7 Å². The van der Waals surface area contributed by atoms with Crippen LogP contribution >= 0.6 is 0 Å². The highest BCUT2D eigenvalue weighted by Crippen LogP contribution is 2.30. The van der Waals surface area contributed by atoms with Gasteiger partial charge in [-0.1, -0.05) is 36.4 Å². The normalized spacial score (nSPS) is 22.4. The van der Waals surface area contributed by atoms with E-state index >= 15 is 0 Å². The number of rotatable bonds is 9. The summed E-state index contributed by atoms with van der Waals surface area (Å²) in [5.41, 5.74) is 4.89. The number of nitrogens with zero attached hydrogens (tertiary/aromatic N) is 4. The summed E-state index contributed by atoms with van der Waals surface area (Å²) in [6.07, 6.45) is 7.03. The molecule has 7 rings (SSSR count). The van der Waals surface area contributed by atoms with Gasteiger partial charge in [0.15, 0.2) is 0 Å². The molecule has 1 saturated heterocycles. The molecule has 0 spiro atoms. The molecule has 0 unspecified atom stereocenters. The van der Waals surface area contributed by atoms with Crippen LogP contribution in [0.4, 0.5) is 4.39 Å². The van der Waals surface area contributed by atoms with Crippen molar-refractivity contribution < 1.29 is 18.7 Å². The predicted molar refractivity (Wildman–Crippen MR) is 190 cm³/mol. The molecular formula is C39H46FN7O3. The van der Waals surface area contributed by atoms with Crippen molar-refractivity contribution in [2.75, 3.05) is 13.1 Å². The van der Waals surface area contributed by atoms with Crippen molar-refractivity contribution in [3.63, 3.8) is 0 Å². The van der Waals surface area contributed by atoms with Gasteiger partial charge in [-0.3, -0.25) is 19.2 Å². The molecule has 2 fully saturated rings. The van der Waals surface area contributed by atoms with Gasteiger partial charge in [-0.05, 0) is 99.7 Å². The summed E-state index contributed by atoms with van der Waals surface area (Å²) in [7, 11) is 0. The molecule has 3 N–H and O–H groups in total. The monoisotopic (exact) mass is 679 g/mol. The van der Waals surface area contributed by atoms with E-state index in [2.05, 4.69) is 69.0 Å². The number of aryl methyl sites for hydroxylation is 2. The van der Waals surface area contributed by atoms with Crippen molar-refractivity contribution in [1.82, 2.24) is 35.6 Å². The third kappa shape index (κ3) is 8.22. The lowest BCUT2D eigenvalue weighted by molar-refractivity contribution is 0.0887. The van der Waals surface area contributed by atoms with E-state index in [0.717, 1.165) is 87.4 Å². The first-order valence-corrected chi connectivity index (χ1v) is 18.0. The molecular weight excluding hydrogens is 633 g/mol. The van der Waals surface area contributed by atoms with E-state index in [9.17, 15) is 14.0 Å². The second-order valence-corrected chi connectivity index (χ2v) is 14.2. The van der Waals surface area contributed by atoms with Gasteiger partial charge >= 0.3 is 0 Å². The van der Waals surface area contributed by atoms with Gasteiger partial charge in [-0.25, -0.2) is 9.37 Å². The number of benzene rings is 2. The van der Waals surface area contributed by atoms with E-state index in [-0.39, 0.29) is 29.4 Å². The lowest BCUT2D eigenvalue weighted by atomic mass is 9.91. The number of hydrogen-bond acceptors (Lipinski definition) is 7. The minimum atomic E-state index is -0.617. The Bertz CT molecular complexity index is 1790. The fraction of sp³-hybridized carbons (Fsp3) is 0.436. The number of piperazine rings is 1. The van der Waals surface area contributed by atoms with Gasteiger partial charge in [0.05, 0.1) is 6.20 Å². The largest absolute Gasteiger partial charge is 0.438 e. The molecule has 262 valence electrons. The van der Waals surface area contributed by atoms with Crippen LogP contribution in [0.3, 0.4) is 0 Å². The van der Waals surface area contributed by atoms with Crippen LogP contribution in [-0.4, -0.2) is 68.7 Å². The molecule has 1 saturated carbocycles. The third-order valence-electron chi connectivity index (χ3n) is 9.98. The summed E-state index contributed by atoms with van der Waals surface area (Å²) in [5, 5.41) is 14.2. The molecule has 2 atom stereocenters. The average molecular weight is 680 g/mol. The van der Waals surface area contributed by atoms with E-state index in [4.69, 9.17) is 4.74 Å². The van der Waals surface area contributed by atoms with Crippen molar-refractivity contribution >= 4 is 11.8 Å². The lowest BCUT2D eigenvalue weighted by Gasteiger charge is -2.36. The zero-order valence-corrected chi connectivity index (χ0v) is 28.8. The van der Waals surface area contributed by atoms with Gasteiger partial charge in [-0.2, -0.15) is 5.10 Å². The van der Waals surface area contributed by atoms with E-state index in [0.29, 0.717) is 36.4 Å². The molecule has 10 nitrogen and oxygen atoms in total. The first-order valence-electron chi connectivity index (χ1n) is 18.0. The van der Waals surface area contributed by atoms with Crippen LogP contribution in [0.1, 0.15) is 84.5 Å². The van der Waals surface area contributed by atoms with E-state index < -0.39 is 11.7 Å². The Morgan fingerprint density at radius 1 is 0.900 bits per heavy atom. The fourth-order valence-corrected chi connectivity index (χ4v) is 7.59. The topological polar surface area (TPSA) is 113 Å². The summed E-state index contributed by atoms with van der Waals surface area (Å²) >= 11 is 0. The Morgan fingerprint density at radius 2 is 1.62 bits per heavy atom. The molecule has 11 heteroatoms. The maximum Gasteiger partial charge on any atom is 0.272 e. The Hall–Kier alpha value is -4.61. The molecule has 0 bridgehead atoms. The maximum atomic E-state index is 14.4. The third-order valence-corrected chi connectivity index (χ3v) is 9.98. The number of fused-ring (bicyclic) bond motifs is 1. The van der Waals surface area contributed by atoms with Crippen molar-refractivity contribution in [2.45, 2.75) is 96.1 Å². The van der Waals surface area contributed by atoms with Crippen LogP contribution in [0.2, 0.25) is 0 Å². The highest BCUT2D eigenvalue weighted by molar-refractivity contribution is 5.96. The number of pyridine rings is 1. The number of aromatic nitrogens is 3. The molecule has 2 amide bonds. The van der Waals surface area contributed by atoms with Crippen molar-refractivity contribution in [1.29, 1.82) is 0 Å². The highest BCUT2D eigenvalue weighted by atomic mass is 19.1. The summed E-state index contributed by atoms with van der Waals surface area (Å²) in [6, 6.07) is 20.1. The molecule has 4 aromatic rings. The summed E-state index contributed by atoms with van der Waals surface area (Å²) in [5.74, 6) is -0.669. The molecule has 1 aliphatic carbocycles. The first kappa shape index (κ1) is 33.9. The molecule has 4 heterocycles. The standard InChI is InChI=1S/C39H46FN7O3/c1-25-22-46(23-26(2)42-25)24-27-9-11-28(12-10-27)29-6-5-8-34(18-29)50-39-35(19-30(40)21-41-39)37(48)43-31-13-15-32(16-14-31)44-38(49)36-20-33-7-3-4-17-47(33)45-36/h5-6,8-12,18-21,25-26,31-32,42H,3-4,7,13-17,22-24H2,1-2H3,(H,43,48)(H,44,49)/t25-,26+,31-,32+. The molecule has 0 radical (unpaired) electrons. The predicted octanol–water partition coefficient (Wildman–Crippen LogP) is 5.87. The van der Waals surface area contributed by atoms with Crippen LogP contribution in [0.5, 0.6) is 11.6 Å². The summed E-state index contributed by atoms with van der Waals surface area (Å²) in [4.78, 5) is 32.9. The van der Waals surface area contributed by atoms with Crippen molar-refractivity contribution in [3.8, 4) is 22.8 Å². The molecule has 3 aliphatic rings. The highest BCUT2D eigenvalue weighted by Gasteiger charge is 2.27. The lowest BCUT2D eigenvalue weighted by Crippen LogP contribution is -2.53. The maximum absolute atomic E-state index is 14.4. The number of ether oxygens (including phenoxy) is 1. The number of hydrogen-bond donors (Lipinski definition) is 3. The summed E-state index contributed by atoms with van der Waals surface area (Å²) < 4.78 is 22.4. The van der Waals surface area contributed by atoms with Crippen molar-refractivity contribution in [3.05, 3.63) is 95.2 Å². The van der Waals surface area contributed by atoms with Gasteiger partial charge < -0.3 is 20.7 Å². The number of halogens is 1. The van der Waals surface area contributed by atoms with Gasteiger partial charge in [0.2, 0.25) is 5.88 Å². The Balaban J connectivity index is 0.946. The van der Waals surface area contributed by atoms with E-state index in [1.54, 1.807) is 6.07 Å². The molecule has 2 aliphatic heterocycles. The Kier molecular flexibility index (Phi) is 10.2. The molecule has 2 aromatic carbocycles. The second kappa shape index (κ2) is 15.1. The Labute approximate surface area is 292 Å².